The molecule has 0 bridgehead atoms. The number of ether oxygens (including phenoxy) is 1. The van der Waals surface area contributed by atoms with Crippen LogP contribution in [0, 0.1) is 18.8 Å². The van der Waals surface area contributed by atoms with E-state index >= 15 is 0 Å². The zero-order valence-electron chi connectivity index (χ0n) is 16.0. The maximum absolute atomic E-state index is 12.4. The summed E-state index contributed by atoms with van der Waals surface area (Å²) < 4.78 is 5.65. The molecule has 2 fully saturated rings. The van der Waals surface area contributed by atoms with Crippen molar-refractivity contribution in [2.24, 2.45) is 11.8 Å². The van der Waals surface area contributed by atoms with Gasteiger partial charge in [0.15, 0.2) is 6.61 Å². The summed E-state index contributed by atoms with van der Waals surface area (Å²) in [5.74, 6) is 2.56. The molecule has 2 saturated heterocycles. The van der Waals surface area contributed by atoms with E-state index in [9.17, 15) is 4.79 Å². The van der Waals surface area contributed by atoms with Crippen LogP contribution in [0.3, 0.4) is 0 Å². The number of likely N-dealkylation sites (tertiary alicyclic amines) is 2. The zero-order valence-corrected chi connectivity index (χ0v) is 16.0. The highest BCUT2D eigenvalue weighted by atomic mass is 16.5. The van der Waals surface area contributed by atoms with Crippen molar-refractivity contribution < 1.29 is 14.4 Å². The Balaban J connectivity index is 1.43. The molecule has 1 amide bonds. The monoisotopic (exact) mass is 345 g/mol. The molecular weight excluding hydrogens is 312 g/mol. The van der Waals surface area contributed by atoms with Gasteiger partial charge in [0.1, 0.15) is 5.75 Å². The highest BCUT2D eigenvalue weighted by Crippen LogP contribution is 2.16. The molecule has 4 heteroatoms. The van der Waals surface area contributed by atoms with Crippen LogP contribution >= 0.6 is 0 Å². The van der Waals surface area contributed by atoms with E-state index < -0.39 is 0 Å². The highest BCUT2D eigenvalue weighted by Gasteiger charge is 2.34. The first-order valence-electron chi connectivity index (χ1n) is 9.83. The summed E-state index contributed by atoms with van der Waals surface area (Å²) in [5.41, 5.74) is 1.20. The normalized spacial score (nSPS) is 28.0. The van der Waals surface area contributed by atoms with E-state index in [1.807, 2.05) is 36.1 Å². The average molecular weight is 346 g/mol. The van der Waals surface area contributed by atoms with E-state index in [1.165, 1.54) is 25.1 Å². The van der Waals surface area contributed by atoms with E-state index in [2.05, 4.69) is 13.8 Å². The molecule has 3 rings (SSSR count). The van der Waals surface area contributed by atoms with Gasteiger partial charge in [-0.25, -0.2) is 0 Å². The van der Waals surface area contributed by atoms with Crippen molar-refractivity contribution in [1.29, 1.82) is 0 Å². The van der Waals surface area contributed by atoms with Crippen molar-refractivity contribution in [2.75, 3.05) is 32.8 Å². The molecule has 2 unspecified atom stereocenters. The second-order valence-corrected chi connectivity index (χ2v) is 8.27. The fraction of sp³-hybridized carbons (Fsp3) is 0.667. The van der Waals surface area contributed by atoms with Crippen molar-refractivity contribution in [3.05, 3.63) is 29.8 Å². The SMILES string of the molecule is Cc1ccc(OCC(=O)N2CCC([NH+]3CC(C)CC(C)C3)CC2)cc1. The van der Waals surface area contributed by atoms with Crippen LogP contribution in [0.5, 0.6) is 5.75 Å². The summed E-state index contributed by atoms with van der Waals surface area (Å²) in [6, 6.07) is 8.60. The second-order valence-electron chi connectivity index (χ2n) is 8.27. The number of piperidine rings is 2. The molecule has 2 aliphatic rings. The maximum Gasteiger partial charge on any atom is 0.260 e. The summed E-state index contributed by atoms with van der Waals surface area (Å²) in [7, 11) is 0. The van der Waals surface area contributed by atoms with Gasteiger partial charge in [-0.3, -0.25) is 4.79 Å². The summed E-state index contributed by atoms with van der Waals surface area (Å²) >= 11 is 0. The Hall–Kier alpha value is -1.55. The largest absolute Gasteiger partial charge is 0.484 e. The van der Waals surface area contributed by atoms with E-state index in [0.717, 1.165) is 49.6 Å². The molecule has 0 aromatic heterocycles. The highest BCUT2D eigenvalue weighted by molar-refractivity contribution is 5.77. The zero-order chi connectivity index (χ0) is 17.8. The van der Waals surface area contributed by atoms with Gasteiger partial charge in [0.2, 0.25) is 0 Å². The lowest BCUT2D eigenvalue weighted by atomic mass is 9.89. The van der Waals surface area contributed by atoms with Gasteiger partial charge in [-0.05, 0) is 25.5 Å². The Morgan fingerprint density at radius 3 is 2.32 bits per heavy atom. The lowest BCUT2D eigenvalue weighted by Crippen LogP contribution is -3.18. The number of nitrogens with zero attached hydrogens (tertiary/aromatic N) is 1. The van der Waals surface area contributed by atoms with E-state index in [4.69, 9.17) is 4.74 Å². The van der Waals surface area contributed by atoms with Crippen molar-refractivity contribution in [3.63, 3.8) is 0 Å². The summed E-state index contributed by atoms with van der Waals surface area (Å²) in [5, 5.41) is 0. The first-order chi connectivity index (χ1) is 12.0. The first kappa shape index (κ1) is 18.2. The Labute approximate surface area is 152 Å². The smallest absolute Gasteiger partial charge is 0.260 e. The summed E-state index contributed by atoms with van der Waals surface area (Å²) in [6.45, 7) is 11.3. The predicted octanol–water partition coefficient (Wildman–Crippen LogP) is 1.93. The Kier molecular flexibility index (Phi) is 6.00. The molecule has 2 atom stereocenters. The summed E-state index contributed by atoms with van der Waals surface area (Å²) in [4.78, 5) is 16.2. The van der Waals surface area contributed by atoms with Gasteiger partial charge >= 0.3 is 0 Å². The quantitative estimate of drug-likeness (QED) is 0.905. The van der Waals surface area contributed by atoms with Gasteiger partial charge in [-0.1, -0.05) is 31.5 Å². The fourth-order valence-electron chi connectivity index (χ4n) is 4.57. The van der Waals surface area contributed by atoms with Crippen LogP contribution in [0.25, 0.3) is 0 Å². The number of hydrogen-bond acceptors (Lipinski definition) is 2. The van der Waals surface area contributed by atoms with Gasteiger partial charge < -0.3 is 14.5 Å². The molecule has 1 N–H and O–H groups in total. The van der Waals surface area contributed by atoms with Crippen LogP contribution in [-0.2, 0) is 4.79 Å². The van der Waals surface area contributed by atoms with Crippen LogP contribution in [-0.4, -0.2) is 49.6 Å². The topological polar surface area (TPSA) is 34.0 Å². The van der Waals surface area contributed by atoms with Crippen LogP contribution in [0.2, 0.25) is 0 Å². The molecule has 0 aliphatic carbocycles. The number of aryl methyl sites for hydroxylation is 1. The molecular formula is C21H33N2O2+. The molecule has 1 aromatic rings. The first-order valence-corrected chi connectivity index (χ1v) is 9.83. The molecule has 25 heavy (non-hydrogen) atoms. The molecule has 0 saturated carbocycles. The minimum atomic E-state index is 0.120. The van der Waals surface area contributed by atoms with Gasteiger partial charge in [0, 0.05) is 37.8 Å². The number of benzene rings is 1. The van der Waals surface area contributed by atoms with Crippen LogP contribution in [0.15, 0.2) is 24.3 Å². The maximum atomic E-state index is 12.4. The third kappa shape index (κ3) is 4.97. The molecule has 4 nitrogen and oxygen atoms in total. The molecule has 2 heterocycles. The number of quaternary nitrogens is 1. The number of nitrogens with one attached hydrogen (secondary N) is 1. The van der Waals surface area contributed by atoms with Gasteiger partial charge in [-0.15, -0.1) is 0 Å². The lowest BCUT2D eigenvalue weighted by molar-refractivity contribution is -0.938. The van der Waals surface area contributed by atoms with Gasteiger partial charge in [0.25, 0.3) is 5.91 Å². The molecule has 0 radical (unpaired) electrons. The van der Waals surface area contributed by atoms with Gasteiger partial charge in [-0.2, -0.15) is 0 Å². The number of carbonyl (C=O) groups excluding carboxylic acids is 1. The van der Waals surface area contributed by atoms with Crippen LogP contribution < -0.4 is 9.64 Å². The van der Waals surface area contributed by atoms with Crippen LogP contribution in [0.1, 0.15) is 38.7 Å². The number of amides is 1. The van der Waals surface area contributed by atoms with E-state index in [-0.39, 0.29) is 12.5 Å². The van der Waals surface area contributed by atoms with Crippen molar-refractivity contribution in [2.45, 2.75) is 46.1 Å². The van der Waals surface area contributed by atoms with Crippen molar-refractivity contribution in [1.82, 2.24) is 4.90 Å². The summed E-state index contributed by atoms with van der Waals surface area (Å²) in [6.07, 6.45) is 3.63. The predicted molar refractivity (Wildman–Crippen MR) is 99.9 cm³/mol. The number of hydrogen-bond donors (Lipinski definition) is 1. The number of rotatable bonds is 4. The Bertz CT molecular complexity index is 554. The van der Waals surface area contributed by atoms with Crippen molar-refractivity contribution in [3.8, 4) is 5.75 Å². The number of carbonyl (C=O) groups is 1. The minimum absolute atomic E-state index is 0.120. The third-order valence-corrected chi connectivity index (χ3v) is 5.83. The van der Waals surface area contributed by atoms with Crippen LogP contribution in [0.4, 0.5) is 0 Å². The molecule has 138 valence electrons. The lowest BCUT2D eigenvalue weighted by Gasteiger charge is -2.41. The van der Waals surface area contributed by atoms with Crippen molar-refractivity contribution >= 4 is 5.91 Å². The Morgan fingerprint density at radius 1 is 1.12 bits per heavy atom. The average Bonchev–Trinajstić information content (AvgIpc) is 2.60. The second kappa shape index (κ2) is 8.22. The van der Waals surface area contributed by atoms with Gasteiger partial charge in [0.05, 0.1) is 19.1 Å². The van der Waals surface area contributed by atoms with E-state index in [1.54, 1.807) is 4.90 Å². The Morgan fingerprint density at radius 2 is 1.72 bits per heavy atom. The fourth-order valence-corrected chi connectivity index (χ4v) is 4.57. The standard InChI is InChI=1S/C21H32N2O2/c1-16-4-6-20(7-5-16)25-15-21(24)22-10-8-19(9-11-22)23-13-17(2)12-18(3)14-23/h4-7,17-19H,8-15H2,1-3H3/p+1. The molecule has 1 aromatic carbocycles. The third-order valence-electron chi connectivity index (χ3n) is 5.83. The minimum Gasteiger partial charge on any atom is -0.484 e. The van der Waals surface area contributed by atoms with E-state index in [0.29, 0.717) is 0 Å². The molecule has 0 spiro atoms. The molecule has 2 aliphatic heterocycles.